The molecular formula is C13H18FN. The predicted molar refractivity (Wildman–Crippen MR) is 60.4 cm³/mol. The lowest BCUT2D eigenvalue weighted by molar-refractivity contribution is 0.215. The van der Waals surface area contributed by atoms with E-state index < -0.39 is 0 Å². The lowest BCUT2D eigenvalue weighted by Crippen LogP contribution is -2.41. The van der Waals surface area contributed by atoms with E-state index in [1.54, 1.807) is 12.1 Å². The highest BCUT2D eigenvalue weighted by molar-refractivity contribution is 5.24. The SMILES string of the molecule is CC1(C)CNCCC1c1ccccc1F. The third-order valence-electron chi connectivity index (χ3n) is 3.41. The van der Waals surface area contributed by atoms with Gasteiger partial charge in [0.25, 0.3) is 0 Å². The molecule has 1 unspecified atom stereocenters. The Bertz CT molecular complexity index is 346. The number of rotatable bonds is 1. The molecule has 2 rings (SSSR count). The van der Waals surface area contributed by atoms with Crippen LogP contribution in [0.25, 0.3) is 0 Å². The summed E-state index contributed by atoms with van der Waals surface area (Å²) in [5, 5.41) is 3.37. The molecule has 1 atom stereocenters. The monoisotopic (exact) mass is 207 g/mol. The van der Waals surface area contributed by atoms with Crippen molar-refractivity contribution in [3.8, 4) is 0 Å². The van der Waals surface area contributed by atoms with Crippen molar-refractivity contribution < 1.29 is 4.39 Å². The van der Waals surface area contributed by atoms with Crippen LogP contribution in [-0.4, -0.2) is 13.1 Å². The fourth-order valence-electron chi connectivity index (χ4n) is 2.51. The van der Waals surface area contributed by atoms with Gasteiger partial charge in [0.15, 0.2) is 0 Å². The Morgan fingerprint density at radius 3 is 2.73 bits per heavy atom. The third-order valence-corrected chi connectivity index (χ3v) is 3.41. The average molecular weight is 207 g/mol. The minimum Gasteiger partial charge on any atom is -0.316 e. The molecule has 0 aromatic heterocycles. The maximum absolute atomic E-state index is 13.7. The minimum absolute atomic E-state index is 0.0579. The van der Waals surface area contributed by atoms with E-state index in [1.165, 1.54) is 0 Å². The molecule has 0 radical (unpaired) electrons. The third kappa shape index (κ3) is 2.05. The van der Waals surface area contributed by atoms with Crippen molar-refractivity contribution in [2.75, 3.05) is 13.1 Å². The van der Waals surface area contributed by atoms with Crippen molar-refractivity contribution in [3.63, 3.8) is 0 Å². The van der Waals surface area contributed by atoms with E-state index in [-0.39, 0.29) is 11.2 Å². The molecule has 0 aliphatic carbocycles. The molecule has 0 bridgehead atoms. The molecule has 15 heavy (non-hydrogen) atoms. The summed E-state index contributed by atoms with van der Waals surface area (Å²) in [4.78, 5) is 0. The lowest BCUT2D eigenvalue weighted by atomic mass is 9.71. The number of benzene rings is 1. The summed E-state index contributed by atoms with van der Waals surface area (Å²) in [6.45, 7) is 6.36. The first-order valence-electron chi connectivity index (χ1n) is 5.56. The number of halogens is 1. The zero-order valence-electron chi connectivity index (χ0n) is 9.39. The van der Waals surface area contributed by atoms with Crippen LogP contribution in [0.1, 0.15) is 31.7 Å². The smallest absolute Gasteiger partial charge is 0.126 e. The number of hydrogen-bond acceptors (Lipinski definition) is 1. The van der Waals surface area contributed by atoms with Crippen molar-refractivity contribution in [2.24, 2.45) is 5.41 Å². The van der Waals surface area contributed by atoms with Gasteiger partial charge in [-0.05, 0) is 35.9 Å². The van der Waals surface area contributed by atoms with Crippen molar-refractivity contribution in [1.29, 1.82) is 0 Å². The largest absolute Gasteiger partial charge is 0.316 e. The highest BCUT2D eigenvalue weighted by atomic mass is 19.1. The topological polar surface area (TPSA) is 12.0 Å². The molecule has 0 spiro atoms. The molecule has 0 amide bonds. The number of hydrogen-bond donors (Lipinski definition) is 1. The summed E-state index contributed by atoms with van der Waals surface area (Å²) in [6, 6.07) is 7.17. The van der Waals surface area contributed by atoms with Gasteiger partial charge in [0.2, 0.25) is 0 Å². The van der Waals surface area contributed by atoms with Crippen LogP contribution in [0.5, 0.6) is 0 Å². The van der Waals surface area contributed by atoms with E-state index in [0.717, 1.165) is 25.1 Å². The highest BCUT2D eigenvalue weighted by Gasteiger charge is 2.34. The zero-order chi connectivity index (χ0) is 10.9. The zero-order valence-corrected chi connectivity index (χ0v) is 9.39. The molecule has 1 saturated heterocycles. The molecule has 1 aromatic carbocycles. The fraction of sp³-hybridized carbons (Fsp3) is 0.538. The predicted octanol–water partition coefficient (Wildman–Crippen LogP) is 2.93. The van der Waals surface area contributed by atoms with Crippen LogP contribution in [0.4, 0.5) is 4.39 Å². The van der Waals surface area contributed by atoms with Gasteiger partial charge in [-0.2, -0.15) is 0 Å². The molecule has 0 saturated carbocycles. The molecule has 2 heteroatoms. The van der Waals surface area contributed by atoms with E-state index in [9.17, 15) is 4.39 Å². The minimum atomic E-state index is -0.0579. The Morgan fingerprint density at radius 2 is 2.07 bits per heavy atom. The fourth-order valence-corrected chi connectivity index (χ4v) is 2.51. The summed E-state index contributed by atoms with van der Waals surface area (Å²) < 4.78 is 13.7. The highest BCUT2D eigenvalue weighted by Crippen LogP contribution is 2.40. The van der Waals surface area contributed by atoms with Gasteiger partial charge in [0, 0.05) is 6.54 Å². The van der Waals surface area contributed by atoms with Crippen LogP contribution in [0, 0.1) is 11.2 Å². The maximum atomic E-state index is 13.7. The van der Waals surface area contributed by atoms with Crippen LogP contribution >= 0.6 is 0 Å². The molecule has 82 valence electrons. The van der Waals surface area contributed by atoms with Crippen LogP contribution < -0.4 is 5.32 Å². The summed E-state index contributed by atoms with van der Waals surface area (Å²) in [5.41, 5.74) is 1.02. The van der Waals surface area contributed by atoms with Crippen molar-refractivity contribution in [1.82, 2.24) is 5.32 Å². The lowest BCUT2D eigenvalue weighted by Gasteiger charge is -2.39. The van der Waals surface area contributed by atoms with Gasteiger partial charge in [-0.3, -0.25) is 0 Å². The van der Waals surface area contributed by atoms with Crippen LogP contribution in [-0.2, 0) is 0 Å². The van der Waals surface area contributed by atoms with E-state index in [2.05, 4.69) is 19.2 Å². The van der Waals surface area contributed by atoms with Crippen molar-refractivity contribution in [2.45, 2.75) is 26.2 Å². The molecule has 1 aliphatic heterocycles. The second-order valence-electron chi connectivity index (χ2n) is 5.03. The van der Waals surface area contributed by atoms with Crippen LogP contribution in [0.3, 0.4) is 0 Å². The molecule has 1 aliphatic rings. The quantitative estimate of drug-likeness (QED) is 0.746. The molecule has 1 aromatic rings. The Labute approximate surface area is 90.7 Å². The van der Waals surface area contributed by atoms with Crippen LogP contribution in [0.2, 0.25) is 0 Å². The van der Waals surface area contributed by atoms with E-state index in [0.29, 0.717) is 5.92 Å². The van der Waals surface area contributed by atoms with Gasteiger partial charge >= 0.3 is 0 Å². The number of nitrogens with one attached hydrogen (secondary N) is 1. The second kappa shape index (κ2) is 3.93. The summed E-state index contributed by atoms with van der Waals surface area (Å²) in [6.07, 6.45) is 1.02. The normalized spacial score (nSPS) is 25.1. The molecule has 1 fully saturated rings. The Balaban J connectivity index is 2.33. The Hall–Kier alpha value is -0.890. The van der Waals surface area contributed by atoms with E-state index in [4.69, 9.17) is 0 Å². The molecule has 1 heterocycles. The van der Waals surface area contributed by atoms with Gasteiger partial charge in [-0.15, -0.1) is 0 Å². The van der Waals surface area contributed by atoms with Gasteiger partial charge in [0.1, 0.15) is 5.82 Å². The van der Waals surface area contributed by atoms with Crippen molar-refractivity contribution >= 4 is 0 Å². The first kappa shape index (κ1) is 10.6. The van der Waals surface area contributed by atoms with E-state index >= 15 is 0 Å². The average Bonchev–Trinajstić information content (AvgIpc) is 2.19. The van der Waals surface area contributed by atoms with Crippen molar-refractivity contribution in [3.05, 3.63) is 35.6 Å². The first-order valence-corrected chi connectivity index (χ1v) is 5.56. The molecular weight excluding hydrogens is 189 g/mol. The summed E-state index contributed by atoms with van der Waals surface area (Å²) in [5.74, 6) is 0.275. The molecule has 1 nitrogen and oxygen atoms in total. The number of piperidine rings is 1. The molecule has 1 N–H and O–H groups in total. The Morgan fingerprint density at radius 1 is 1.33 bits per heavy atom. The van der Waals surface area contributed by atoms with Gasteiger partial charge in [-0.25, -0.2) is 4.39 Å². The standard InChI is InChI=1S/C13H18FN/c1-13(2)9-15-8-7-11(13)10-5-3-4-6-12(10)14/h3-6,11,15H,7-9H2,1-2H3. The van der Waals surface area contributed by atoms with Crippen LogP contribution in [0.15, 0.2) is 24.3 Å². The van der Waals surface area contributed by atoms with Gasteiger partial charge < -0.3 is 5.32 Å². The van der Waals surface area contributed by atoms with Gasteiger partial charge in [0.05, 0.1) is 0 Å². The first-order chi connectivity index (χ1) is 7.11. The maximum Gasteiger partial charge on any atom is 0.126 e. The van der Waals surface area contributed by atoms with E-state index in [1.807, 2.05) is 12.1 Å². The summed E-state index contributed by atoms with van der Waals surface area (Å²) in [7, 11) is 0. The second-order valence-corrected chi connectivity index (χ2v) is 5.03. The Kier molecular flexibility index (Phi) is 2.79. The van der Waals surface area contributed by atoms with Gasteiger partial charge in [-0.1, -0.05) is 32.0 Å². The summed E-state index contributed by atoms with van der Waals surface area (Å²) >= 11 is 0.